The van der Waals surface area contributed by atoms with Gasteiger partial charge in [-0.15, -0.1) is 0 Å². The first-order valence-electron chi connectivity index (χ1n) is 6.06. The van der Waals surface area contributed by atoms with E-state index in [2.05, 4.69) is 55.4 Å². The van der Waals surface area contributed by atoms with Gasteiger partial charge in [-0.1, -0.05) is 45.0 Å². The van der Waals surface area contributed by atoms with Gasteiger partial charge in [-0.2, -0.15) is 0 Å². The van der Waals surface area contributed by atoms with Gasteiger partial charge in [0.2, 0.25) is 0 Å². The fourth-order valence-electron chi connectivity index (χ4n) is 1.83. The van der Waals surface area contributed by atoms with Gasteiger partial charge in [0.05, 0.1) is 6.04 Å². The lowest BCUT2D eigenvalue weighted by molar-refractivity contribution is 0.344. The van der Waals surface area contributed by atoms with Crippen molar-refractivity contribution in [1.82, 2.24) is 10.3 Å². The number of benzene rings is 1. The molecule has 0 bridgehead atoms. The van der Waals surface area contributed by atoms with E-state index in [1.54, 1.807) is 0 Å². The van der Waals surface area contributed by atoms with Crippen molar-refractivity contribution < 1.29 is 0 Å². The zero-order valence-electron chi connectivity index (χ0n) is 11.6. The Labute approximate surface area is 105 Å². The summed E-state index contributed by atoms with van der Waals surface area (Å²) in [7, 11) is 4.10. The van der Waals surface area contributed by atoms with E-state index in [1.807, 2.05) is 14.1 Å². The summed E-state index contributed by atoms with van der Waals surface area (Å²) in [5, 5.41) is 0. The van der Waals surface area contributed by atoms with Crippen molar-refractivity contribution in [3.63, 3.8) is 0 Å². The highest BCUT2D eigenvalue weighted by Gasteiger charge is 2.15. The van der Waals surface area contributed by atoms with Gasteiger partial charge in [0.25, 0.3) is 0 Å². The Balaban J connectivity index is 2.85. The first kappa shape index (κ1) is 14.2. The number of nitrogens with one attached hydrogen (secondary N) is 1. The smallest absolute Gasteiger partial charge is 0.0586 e. The predicted octanol–water partition coefficient (Wildman–Crippen LogP) is 2.05. The second-order valence-corrected chi connectivity index (χ2v) is 5.85. The Kier molecular flexibility index (Phi) is 4.69. The Morgan fingerprint density at radius 2 is 1.71 bits per heavy atom. The molecular formula is C14H25N3. The van der Waals surface area contributed by atoms with Crippen molar-refractivity contribution in [2.75, 3.05) is 20.6 Å². The van der Waals surface area contributed by atoms with Crippen LogP contribution in [0, 0.1) is 0 Å². The van der Waals surface area contributed by atoms with Crippen molar-refractivity contribution in [3.05, 3.63) is 35.4 Å². The quantitative estimate of drug-likeness (QED) is 0.620. The third kappa shape index (κ3) is 4.11. The van der Waals surface area contributed by atoms with E-state index in [9.17, 15) is 0 Å². The van der Waals surface area contributed by atoms with Crippen molar-refractivity contribution in [2.45, 2.75) is 32.2 Å². The molecule has 96 valence electrons. The van der Waals surface area contributed by atoms with Crippen LogP contribution in [0.2, 0.25) is 0 Å². The molecule has 0 spiro atoms. The minimum Gasteiger partial charge on any atom is -0.307 e. The van der Waals surface area contributed by atoms with E-state index >= 15 is 0 Å². The standard InChI is InChI=1S/C14H25N3/c1-14(2,3)12-8-6-11(7-9-12)13(16-15)10-17(4)5/h6-9,13,16H,10,15H2,1-5H3. The molecule has 0 aliphatic carbocycles. The number of nitrogens with two attached hydrogens (primary N) is 1. The van der Waals surface area contributed by atoms with E-state index in [0.717, 1.165) is 6.54 Å². The number of hydrogen-bond acceptors (Lipinski definition) is 3. The fraction of sp³-hybridized carbons (Fsp3) is 0.571. The van der Waals surface area contributed by atoms with Crippen LogP contribution in [-0.4, -0.2) is 25.5 Å². The first-order valence-corrected chi connectivity index (χ1v) is 6.06. The van der Waals surface area contributed by atoms with Crippen LogP contribution in [-0.2, 0) is 5.41 Å². The van der Waals surface area contributed by atoms with E-state index < -0.39 is 0 Å². The van der Waals surface area contributed by atoms with E-state index in [0.29, 0.717) is 0 Å². The highest BCUT2D eigenvalue weighted by Crippen LogP contribution is 2.23. The molecule has 0 radical (unpaired) electrons. The van der Waals surface area contributed by atoms with Gasteiger partial charge in [-0.25, -0.2) is 0 Å². The Bertz CT molecular complexity index is 335. The van der Waals surface area contributed by atoms with Gasteiger partial charge in [0.15, 0.2) is 0 Å². The lowest BCUT2D eigenvalue weighted by atomic mass is 9.86. The molecule has 3 heteroatoms. The third-order valence-electron chi connectivity index (χ3n) is 2.93. The summed E-state index contributed by atoms with van der Waals surface area (Å²) < 4.78 is 0. The molecule has 17 heavy (non-hydrogen) atoms. The molecule has 0 aromatic heterocycles. The zero-order chi connectivity index (χ0) is 13.1. The summed E-state index contributed by atoms with van der Waals surface area (Å²) >= 11 is 0. The molecule has 0 heterocycles. The molecule has 0 aliphatic heterocycles. The number of likely N-dealkylation sites (N-methyl/N-ethyl adjacent to an activating group) is 1. The summed E-state index contributed by atoms with van der Waals surface area (Å²) in [6.45, 7) is 7.56. The maximum Gasteiger partial charge on any atom is 0.0586 e. The summed E-state index contributed by atoms with van der Waals surface area (Å²) in [5.41, 5.74) is 5.65. The Hall–Kier alpha value is -0.900. The number of hydrazine groups is 1. The first-order chi connectivity index (χ1) is 7.84. The monoisotopic (exact) mass is 235 g/mol. The Morgan fingerprint density at radius 3 is 2.06 bits per heavy atom. The number of rotatable bonds is 4. The van der Waals surface area contributed by atoms with Crippen molar-refractivity contribution >= 4 is 0 Å². The molecule has 1 unspecified atom stereocenters. The summed E-state index contributed by atoms with van der Waals surface area (Å²) in [4.78, 5) is 2.13. The molecule has 0 saturated carbocycles. The summed E-state index contributed by atoms with van der Waals surface area (Å²) in [6, 6.07) is 8.88. The van der Waals surface area contributed by atoms with Crippen LogP contribution in [0.1, 0.15) is 37.9 Å². The average Bonchev–Trinajstić information content (AvgIpc) is 2.24. The molecule has 1 atom stereocenters. The molecule has 0 fully saturated rings. The summed E-state index contributed by atoms with van der Waals surface area (Å²) in [6.07, 6.45) is 0. The van der Waals surface area contributed by atoms with Crippen LogP contribution in [0.3, 0.4) is 0 Å². The fourth-order valence-corrected chi connectivity index (χ4v) is 1.83. The predicted molar refractivity (Wildman–Crippen MR) is 73.8 cm³/mol. The second-order valence-electron chi connectivity index (χ2n) is 5.85. The van der Waals surface area contributed by atoms with Crippen LogP contribution >= 0.6 is 0 Å². The normalized spacial score (nSPS) is 14.1. The SMILES string of the molecule is CN(C)CC(NN)c1ccc(C(C)(C)C)cc1. The van der Waals surface area contributed by atoms with Crippen molar-refractivity contribution in [2.24, 2.45) is 5.84 Å². The molecule has 0 saturated heterocycles. The highest BCUT2D eigenvalue weighted by atomic mass is 15.3. The maximum atomic E-state index is 5.60. The lowest BCUT2D eigenvalue weighted by Gasteiger charge is -2.23. The maximum absolute atomic E-state index is 5.60. The van der Waals surface area contributed by atoms with E-state index in [-0.39, 0.29) is 11.5 Å². The van der Waals surface area contributed by atoms with Crippen molar-refractivity contribution in [3.8, 4) is 0 Å². The summed E-state index contributed by atoms with van der Waals surface area (Å²) in [5.74, 6) is 5.60. The van der Waals surface area contributed by atoms with Crippen LogP contribution in [0.25, 0.3) is 0 Å². The van der Waals surface area contributed by atoms with Gasteiger partial charge in [0.1, 0.15) is 0 Å². The lowest BCUT2D eigenvalue weighted by Crippen LogP contribution is -2.35. The molecule has 3 N–H and O–H groups in total. The highest BCUT2D eigenvalue weighted by molar-refractivity contribution is 5.29. The third-order valence-corrected chi connectivity index (χ3v) is 2.93. The van der Waals surface area contributed by atoms with Gasteiger partial charge in [-0.05, 0) is 30.6 Å². The molecule has 1 aromatic carbocycles. The van der Waals surface area contributed by atoms with Gasteiger partial charge >= 0.3 is 0 Å². The molecular weight excluding hydrogens is 210 g/mol. The van der Waals surface area contributed by atoms with Crippen molar-refractivity contribution in [1.29, 1.82) is 0 Å². The largest absolute Gasteiger partial charge is 0.307 e. The van der Waals surface area contributed by atoms with Gasteiger partial charge in [0, 0.05) is 6.54 Å². The van der Waals surface area contributed by atoms with E-state index in [1.165, 1.54) is 11.1 Å². The molecule has 1 rings (SSSR count). The second kappa shape index (κ2) is 5.63. The average molecular weight is 235 g/mol. The minimum absolute atomic E-state index is 0.180. The van der Waals surface area contributed by atoms with Gasteiger partial charge in [-0.3, -0.25) is 11.3 Å². The topological polar surface area (TPSA) is 41.3 Å². The zero-order valence-corrected chi connectivity index (χ0v) is 11.6. The van der Waals surface area contributed by atoms with Crippen LogP contribution in [0.4, 0.5) is 0 Å². The molecule has 0 aliphatic rings. The van der Waals surface area contributed by atoms with E-state index in [4.69, 9.17) is 5.84 Å². The van der Waals surface area contributed by atoms with Gasteiger partial charge < -0.3 is 4.90 Å². The Morgan fingerprint density at radius 1 is 1.18 bits per heavy atom. The number of hydrogen-bond donors (Lipinski definition) is 2. The number of nitrogens with zero attached hydrogens (tertiary/aromatic N) is 1. The molecule has 3 nitrogen and oxygen atoms in total. The molecule has 1 aromatic rings. The van der Waals surface area contributed by atoms with Crippen LogP contribution in [0.15, 0.2) is 24.3 Å². The van der Waals surface area contributed by atoms with Crippen LogP contribution in [0.5, 0.6) is 0 Å². The minimum atomic E-state index is 0.180. The molecule has 0 amide bonds. The van der Waals surface area contributed by atoms with Crippen LogP contribution < -0.4 is 11.3 Å².